The fraction of sp³-hybridized carbons (Fsp3) is 0.625. The summed E-state index contributed by atoms with van der Waals surface area (Å²) in [6, 6.07) is 0. The van der Waals surface area contributed by atoms with Crippen molar-refractivity contribution in [3.63, 3.8) is 0 Å². The van der Waals surface area contributed by atoms with Crippen molar-refractivity contribution in [1.29, 1.82) is 0 Å². The summed E-state index contributed by atoms with van der Waals surface area (Å²) in [6.45, 7) is 0.458. The molecule has 1 N–H and O–H groups in total. The molecule has 98 valence electrons. The van der Waals surface area contributed by atoms with Crippen LogP contribution in [-0.2, 0) is 10.0 Å². The van der Waals surface area contributed by atoms with Gasteiger partial charge in [0.25, 0.3) is 6.43 Å². The zero-order valence-corrected chi connectivity index (χ0v) is 10.6. The maximum Gasteiger partial charge on any atom is 0.252 e. The topological polar surface area (TPSA) is 66.1 Å². The largest absolute Gasteiger partial charge is 0.281 e. The second kappa shape index (κ2) is 5.74. The van der Waals surface area contributed by atoms with Gasteiger partial charge in [-0.15, -0.1) is 11.6 Å². The zero-order valence-electron chi connectivity index (χ0n) is 9.03. The van der Waals surface area contributed by atoms with Crippen LogP contribution in [0.25, 0.3) is 0 Å². The molecule has 1 heterocycles. The van der Waals surface area contributed by atoms with E-state index in [4.69, 9.17) is 11.6 Å². The average molecular weight is 288 g/mol. The molecule has 1 aromatic heterocycles. The Bertz CT molecular complexity index is 463. The molecule has 0 aliphatic heterocycles. The third-order valence-corrected chi connectivity index (χ3v) is 4.22. The molecule has 0 radical (unpaired) electrons. The molecule has 9 heteroatoms. The number of aromatic nitrogens is 2. The number of halogens is 3. The normalized spacial score (nSPS) is 12.6. The second-order valence-corrected chi connectivity index (χ2v) is 5.59. The van der Waals surface area contributed by atoms with Crippen molar-refractivity contribution in [2.45, 2.75) is 18.2 Å². The zero-order chi connectivity index (χ0) is 13.1. The molecular weight excluding hydrogens is 276 g/mol. The molecule has 1 rings (SSSR count). The first-order chi connectivity index (χ1) is 7.89. The minimum absolute atomic E-state index is 0.0527. The number of rotatable bonds is 6. The smallest absolute Gasteiger partial charge is 0.252 e. The van der Waals surface area contributed by atoms with Gasteiger partial charge in [-0.3, -0.25) is 5.10 Å². The molecule has 17 heavy (non-hydrogen) atoms. The van der Waals surface area contributed by atoms with E-state index in [1.165, 1.54) is 6.92 Å². The molecule has 0 unspecified atom stereocenters. The average Bonchev–Trinajstić information content (AvgIpc) is 2.63. The van der Waals surface area contributed by atoms with Gasteiger partial charge < -0.3 is 0 Å². The van der Waals surface area contributed by atoms with Gasteiger partial charge in [-0.05, 0) is 6.92 Å². The van der Waals surface area contributed by atoms with Crippen LogP contribution < -0.4 is 0 Å². The Balaban J connectivity index is 3.04. The van der Waals surface area contributed by atoms with E-state index < -0.39 is 23.0 Å². The molecule has 0 aliphatic rings. The van der Waals surface area contributed by atoms with Gasteiger partial charge in [0.05, 0.1) is 18.4 Å². The van der Waals surface area contributed by atoms with Crippen molar-refractivity contribution in [3.8, 4) is 0 Å². The van der Waals surface area contributed by atoms with Crippen molar-refractivity contribution in [2.24, 2.45) is 0 Å². The van der Waals surface area contributed by atoms with E-state index in [0.717, 1.165) is 6.20 Å². The predicted molar refractivity (Wildman–Crippen MR) is 58.8 cm³/mol. The van der Waals surface area contributed by atoms with Crippen LogP contribution >= 0.6 is 11.6 Å². The monoisotopic (exact) mass is 287 g/mol. The van der Waals surface area contributed by atoms with Gasteiger partial charge in [0.2, 0.25) is 10.0 Å². The Hall–Kier alpha value is -0.730. The van der Waals surface area contributed by atoms with Crippen molar-refractivity contribution >= 4 is 21.6 Å². The highest BCUT2D eigenvalue weighted by Crippen LogP contribution is 2.18. The lowest BCUT2D eigenvalue weighted by Gasteiger charge is -2.20. The van der Waals surface area contributed by atoms with E-state index in [-0.39, 0.29) is 17.3 Å². The number of sulfonamides is 1. The molecule has 0 atom stereocenters. The van der Waals surface area contributed by atoms with E-state index in [9.17, 15) is 17.2 Å². The summed E-state index contributed by atoms with van der Waals surface area (Å²) in [6.07, 6.45) is -1.66. The van der Waals surface area contributed by atoms with Gasteiger partial charge in [0.15, 0.2) is 0 Å². The first kappa shape index (κ1) is 14.3. The van der Waals surface area contributed by atoms with Crippen molar-refractivity contribution < 1.29 is 17.2 Å². The standard InChI is InChI=1S/C8H12ClF2N3O2S/c1-6-7(4-12-13-6)17(15,16)14(3-2-9)5-8(10)11/h4,8H,2-3,5H2,1H3,(H,12,13). The lowest BCUT2D eigenvalue weighted by atomic mass is 10.5. The highest BCUT2D eigenvalue weighted by molar-refractivity contribution is 7.89. The van der Waals surface area contributed by atoms with Crippen LogP contribution in [0, 0.1) is 6.92 Å². The van der Waals surface area contributed by atoms with Crippen LogP contribution in [0.4, 0.5) is 8.78 Å². The first-order valence-electron chi connectivity index (χ1n) is 4.73. The summed E-state index contributed by atoms with van der Waals surface area (Å²) in [5.74, 6) is -0.0527. The number of H-pyrrole nitrogens is 1. The molecule has 1 aromatic rings. The van der Waals surface area contributed by atoms with Crippen molar-refractivity contribution in [3.05, 3.63) is 11.9 Å². The van der Waals surface area contributed by atoms with Gasteiger partial charge in [-0.2, -0.15) is 9.40 Å². The lowest BCUT2D eigenvalue weighted by molar-refractivity contribution is 0.121. The molecule has 0 fully saturated rings. The van der Waals surface area contributed by atoms with E-state index >= 15 is 0 Å². The Kier molecular flexibility index (Phi) is 4.84. The highest BCUT2D eigenvalue weighted by Gasteiger charge is 2.29. The van der Waals surface area contributed by atoms with Crippen molar-refractivity contribution in [2.75, 3.05) is 19.0 Å². The van der Waals surface area contributed by atoms with Crippen molar-refractivity contribution in [1.82, 2.24) is 14.5 Å². The molecule has 0 amide bonds. The summed E-state index contributed by atoms with van der Waals surface area (Å²) in [5.41, 5.74) is 0.304. The van der Waals surface area contributed by atoms with Crippen LogP contribution in [0.15, 0.2) is 11.1 Å². The number of nitrogens with zero attached hydrogens (tertiary/aromatic N) is 2. The summed E-state index contributed by atoms with van der Waals surface area (Å²) in [4.78, 5) is -0.108. The fourth-order valence-electron chi connectivity index (χ4n) is 1.30. The third kappa shape index (κ3) is 3.36. The first-order valence-corrected chi connectivity index (χ1v) is 6.71. The molecule has 0 aromatic carbocycles. The lowest BCUT2D eigenvalue weighted by Crippen LogP contribution is -2.36. The number of hydrogen-bond acceptors (Lipinski definition) is 3. The minimum atomic E-state index is -3.97. The third-order valence-electron chi connectivity index (χ3n) is 2.08. The fourth-order valence-corrected chi connectivity index (χ4v) is 3.14. The maximum absolute atomic E-state index is 12.3. The number of hydrogen-bond donors (Lipinski definition) is 1. The van der Waals surface area contributed by atoms with Crippen LogP contribution in [0.2, 0.25) is 0 Å². The SMILES string of the molecule is Cc1[nH]ncc1S(=O)(=O)N(CCCl)CC(F)F. The maximum atomic E-state index is 12.3. The van der Waals surface area contributed by atoms with Gasteiger partial charge in [-0.25, -0.2) is 17.2 Å². The summed E-state index contributed by atoms with van der Waals surface area (Å²) in [7, 11) is -3.97. The molecular formula is C8H12ClF2N3O2S. The summed E-state index contributed by atoms with van der Waals surface area (Å²) < 4.78 is 49.3. The number of aromatic amines is 1. The predicted octanol–water partition coefficient (Wildman–Crippen LogP) is 1.21. The van der Waals surface area contributed by atoms with E-state index in [1.807, 2.05) is 0 Å². The highest BCUT2D eigenvalue weighted by atomic mass is 35.5. The number of aryl methyl sites for hydroxylation is 1. The molecule has 0 aliphatic carbocycles. The molecule has 5 nitrogen and oxygen atoms in total. The molecule has 0 saturated carbocycles. The van der Waals surface area contributed by atoms with E-state index in [0.29, 0.717) is 10.00 Å². The Morgan fingerprint density at radius 1 is 1.59 bits per heavy atom. The summed E-state index contributed by atoms with van der Waals surface area (Å²) in [5, 5.41) is 6.01. The molecule has 0 saturated heterocycles. The van der Waals surface area contributed by atoms with Crippen LogP contribution in [-0.4, -0.2) is 48.3 Å². The Morgan fingerprint density at radius 2 is 2.24 bits per heavy atom. The number of nitrogens with one attached hydrogen (secondary N) is 1. The van der Waals surface area contributed by atoms with Crippen LogP contribution in [0.5, 0.6) is 0 Å². The van der Waals surface area contributed by atoms with Gasteiger partial charge >= 0.3 is 0 Å². The van der Waals surface area contributed by atoms with Gasteiger partial charge in [0, 0.05) is 12.4 Å². The van der Waals surface area contributed by atoms with Crippen LogP contribution in [0.1, 0.15) is 5.69 Å². The number of alkyl halides is 3. The van der Waals surface area contributed by atoms with Crippen LogP contribution in [0.3, 0.4) is 0 Å². The van der Waals surface area contributed by atoms with Gasteiger partial charge in [0.1, 0.15) is 4.90 Å². The Morgan fingerprint density at radius 3 is 2.65 bits per heavy atom. The Labute approximate surface area is 103 Å². The van der Waals surface area contributed by atoms with E-state index in [2.05, 4.69) is 10.2 Å². The molecule has 0 bridgehead atoms. The quantitative estimate of drug-likeness (QED) is 0.800. The molecule has 0 spiro atoms. The van der Waals surface area contributed by atoms with E-state index in [1.54, 1.807) is 0 Å². The minimum Gasteiger partial charge on any atom is -0.281 e. The van der Waals surface area contributed by atoms with Gasteiger partial charge in [-0.1, -0.05) is 0 Å². The summed E-state index contributed by atoms with van der Waals surface area (Å²) >= 11 is 5.41. The second-order valence-electron chi connectivity index (χ2n) is 3.30.